The number of hydrogen-bond donors (Lipinski definition) is 1. The number of amides is 1. The maximum atomic E-state index is 11.9. The van der Waals surface area contributed by atoms with Gasteiger partial charge in [-0.2, -0.15) is 0 Å². The predicted octanol–water partition coefficient (Wildman–Crippen LogP) is 3.81. The third-order valence-electron chi connectivity index (χ3n) is 3.43. The molecule has 2 aromatic carbocycles. The third kappa shape index (κ3) is 5.47. The molecule has 0 aliphatic rings. The minimum absolute atomic E-state index is 0.146. The minimum atomic E-state index is -0.146. The average Bonchev–Trinajstić information content (AvgIpc) is 2.64. The van der Waals surface area contributed by atoms with Crippen molar-refractivity contribution < 1.29 is 14.3 Å². The van der Waals surface area contributed by atoms with E-state index in [1.165, 1.54) is 6.08 Å². The van der Waals surface area contributed by atoms with Gasteiger partial charge in [0.25, 0.3) is 0 Å². The van der Waals surface area contributed by atoms with Crippen molar-refractivity contribution in [3.05, 3.63) is 65.7 Å². The maximum absolute atomic E-state index is 11.9. The maximum Gasteiger partial charge on any atom is 0.244 e. The van der Waals surface area contributed by atoms with Gasteiger partial charge in [0.15, 0.2) is 0 Å². The molecule has 1 N–H and O–H groups in total. The number of methoxy groups -OCH3 is 1. The van der Waals surface area contributed by atoms with Crippen LogP contribution < -0.4 is 14.8 Å². The fourth-order valence-electron chi connectivity index (χ4n) is 2.16. The molecule has 0 radical (unpaired) electrons. The van der Waals surface area contributed by atoms with Crippen LogP contribution in [-0.2, 0) is 11.3 Å². The highest BCUT2D eigenvalue weighted by atomic mass is 16.5. The fraction of sp³-hybridized carbons (Fsp3) is 0.250. The molecule has 126 valence electrons. The van der Waals surface area contributed by atoms with Crippen molar-refractivity contribution in [3.8, 4) is 11.5 Å². The van der Waals surface area contributed by atoms with Crippen molar-refractivity contribution in [3.63, 3.8) is 0 Å². The Morgan fingerprint density at radius 2 is 1.88 bits per heavy atom. The molecule has 0 heterocycles. The number of carbonyl (C=O) groups excluding carboxylic acids is 1. The zero-order chi connectivity index (χ0) is 17.2. The molecule has 2 aromatic rings. The van der Waals surface area contributed by atoms with Crippen LogP contribution in [-0.4, -0.2) is 19.6 Å². The second-order valence-electron chi connectivity index (χ2n) is 5.28. The van der Waals surface area contributed by atoms with Gasteiger partial charge in [0.2, 0.25) is 5.91 Å². The first-order valence-electron chi connectivity index (χ1n) is 8.03. The predicted molar refractivity (Wildman–Crippen MR) is 96.1 cm³/mol. The molecule has 0 spiro atoms. The Balaban J connectivity index is 1.86. The largest absolute Gasteiger partial charge is 0.496 e. The first-order chi connectivity index (χ1) is 11.7. The van der Waals surface area contributed by atoms with Gasteiger partial charge >= 0.3 is 0 Å². The highest BCUT2D eigenvalue weighted by molar-refractivity contribution is 5.91. The lowest BCUT2D eigenvalue weighted by Crippen LogP contribution is -2.20. The molecule has 4 nitrogen and oxygen atoms in total. The highest BCUT2D eigenvalue weighted by Gasteiger charge is 2.02. The Morgan fingerprint density at radius 3 is 2.58 bits per heavy atom. The van der Waals surface area contributed by atoms with Crippen molar-refractivity contribution in [2.75, 3.05) is 13.7 Å². The number of rotatable bonds is 8. The molecule has 0 fully saturated rings. The second kappa shape index (κ2) is 9.40. The SMILES string of the molecule is CCCOc1ccc(/C=C/C(=O)NCc2ccccc2OC)cc1. The highest BCUT2D eigenvalue weighted by Crippen LogP contribution is 2.17. The molecule has 4 heteroatoms. The average molecular weight is 325 g/mol. The summed E-state index contributed by atoms with van der Waals surface area (Å²) in [6, 6.07) is 15.3. The van der Waals surface area contributed by atoms with Gasteiger partial charge in [-0.3, -0.25) is 4.79 Å². The van der Waals surface area contributed by atoms with E-state index in [4.69, 9.17) is 9.47 Å². The number of benzene rings is 2. The molecule has 0 saturated heterocycles. The summed E-state index contributed by atoms with van der Waals surface area (Å²) in [6.07, 6.45) is 4.28. The standard InChI is InChI=1S/C20H23NO3/c1-3-14-24-18-11-8-16(9-12-18)10-13-20(22)21-15-17-6-4-5-7-19(17)23-2/h4-13H,3,14-15H2,1-2H3,(H,21,22)/b13-10+. The van der Waals surface area contributed by atoms with Crippen LogP contribution in [0.25, 0.3) is 6.08 Å². The summed E-state index contributed by atoms with van der Waals surface area (Å²) in [6.45, 7) is 3.21. The number of carbonyl (C=O) groups is 1. The lowest BCUT2D eigenvalue weighted by Gasteiger charge is -2.08. The van der Waals surface area contributed by atoms with Gasteiger partial charge in [-0.05, 0) is 36.3 Å². The van der Waals surface area contributed by atoms with Crippen molar-refractivity contribution in [1.29, 1.82) is 0 Å². The molecule has 1 amide bonds. The Labute approximate surface area is 143 Å². The number of para-hydroxylation sites is 1. The summed E-state index contributed by atoms with van der Waals surface area (Å²) < 4.78 is 10.8. The van der Waals surface area contributed by atoms with E-state index < -0.39 is 0 Å². The van der Waals surface area contributed by atoms with Gasteiger partial charge in [-0.25, -0.2) is 0 Å². The summed E-state index contributed by atoms with van der Waals surface area (Å²) in [5.41, 5.74) is 1.89. The minimum Gasteiger partial charge on any atom is -0.496 e. The van der Waals surface area contributed by atoms with E-state index in [0.29, 0.717) is 13.2 Å². The molecule has 0 aromatic heterocycles. The summed E-state index contributed by atoms with van der Waals surface area (Å²) in [5, 5.41) is 2.85. The van der Waals surface area contributed by atoms with E-state index in [0.717, 1.165) is 29.0 Å². The lowest BCUT2D eigenvalue weighted by atomic mass is 10.2. The first-order valence-corrected chi connectivity index (χ1v) is 8.03. The zero-order valence-electron chi connectivity index (χ0n) is 14.1. The van der Waals surface area contributed by atoms with Crippen molar-refractivity contribution in [1.82, 2.24) is 5.32 Å². The third-order valence-corrected chi connectivity index (χ3v) is 3.43. The molecule has 0 atom stereocenters. The van der Waals surface area contributed by atoms with E-state index in [9.17, 15) is 4.79 Å². The van der Waals surface area contributed by atoms with Gasteiger partial charge in [0.1, 0.15) is 11.5 Å². The van der Waals surface area contributed by atoms with Gasteiger partial charge in [0.05, 0.1) is 13.7 Å². The van der Waals surface area contributed by atoms with Gasteiger partial charge < -0.3 is 14.8 Å². The van der Waals surface area contributed by atoms with Crippen LogP contribution in [0.3, 0.4) is 0 Å². The fourth-order valence-corrected chi connectivity index (χ4v) is 2.16. The summed E-state index contributed by atoms with van der Waals surface area (Å²) >= 11 is 0. The van der Waals surface area contributed by atoms with E-state index in [2.05, 4.69) is 12.2 Å². The first kappa shape index (κ1) is 17.6. The van der Waals surface area contributed by atoms with Crippen LogP contribution >= 0.6 is 0 Å². The molecule has 0 unspecified atom stereocenters. The Hall–Kier alpha value is -2.75. The van der Waals surface area contributed by atoms with Crippen molar-refractivity contribution in [2.45, 2.75) is 19.9 Å². The monoisotopic (exact) mass is 325 g/mol. The number of nitrogens with one attached hydrogen (secondary N) is 1. The number of hydrogen-bond acceptors (Lipinski definition) is 3. The van der Waals surface area contributed by atoms with Crippen LogP contribution in [0.5, 0.6) is 11.5 Å². The van der Waals surface area contributed by atoms with Crippen molar-refractivity contribution >= 4 is 12.0 Å². The summed E-state index contributed by atoms with van der Waals surface area (Å²) in [4.78, 5) is 11.9. The topological polar surface area (TPSA) is 47.6 Å². The zero-order valence-corrected chi connectivity index (χ0v) is 14.1. The summed E-state index contributed by atoms with van der Waals surface area (Å²) in [7, 11) is 1.62. The summed E-state index contributed by atoms with van der Waals surface area (Å²) in [5.74, 6) is 1.46. The molecule has 2 rings (SSSR count). The molecule has 0 saturated carbocycles. The second-order valence-corrected chi connectivity index (χ2v) is 5.28. The van der Waals surface area contributed by atoms with Crippen LogP contribution in [0.2, 0.25) is 0 Å². The van der Waals surface area contributed by atoms with E-state index in [-0.39, 0.29) is 5.91 Å². The molecular formula is C20H23NO3. The molecular weight excluding hydrogens is 302 g/mol. The van der Waals surface area contributed by atoms with Crippen LogP contribution in [0, 0.1) is 0 Å². The van der Waals surface area contributed by atoms with E-state index >= 15 is 0 Å². The van der Waals surface area contributed by atoms with Crippen LogP contribution in [0.15, 0.2) is 54.6 Å². The molecule has 0 aliphatic heterocycles. The number of ether oxygens (including phenoxy) is 2. The Bertz CT molecular complexity index is 678. The van der Waals surface area contributed by atoms with Gasteiger partial charge in [-0.15, -0.1) is 0 Å². The molecule has 24 heavy (non-hydrogen) atoms. The Morgan fingerprint density at radius 1 is 1.12 bits per heavy atom. The quantitative estimate of drug-likeness (QED) is 0.751. The Kier molecular flexibility index (Phi) is 6.90. The van der Waals surface area contributed by atoms with Gasteiger partial charge in [0, 0.05) is 18.2 Å². The van der Waals surface area contributed by atoms with E-state index in [1.54, 1.807) is 13.2 Å². The van der Waals surface area contributed by atoms with Crippen molar-refractivity contribution in [2.24, 2.45) is 0 Å². The van der Waals surface area contributed by atoms with Crippen LogP contribution in [0.1, 0.15) is 24.5 Å². The smallest absolute Gasteiger partial charge is 0.244 e. The molecule has 0 aliphatic carbocycles. The van der Waals surface area contributed by atoms with Crippen LogP contribution in [0.4, 0.5) is 0 Å². The normalized spacial score (nSPS) is 10.6. The molecule has 0 bridgehead atoms. The lowest BCUT2D eigenvalue weighted by molar-refractivity contribution is -0.116. The van der Waals surface area contributed by atoms with Gasteiger partial charge in [-0.1, -0.05) is 37.3 Å². The van der Waals surface area contributed by atoms with E-state index in [1.807, 2.05) is 48.5 Å².